The van der Waals surface area contributed by atoms with Gasteiger partial charge in [0.25, 0.3) is 6.45 Å². The number of carbonyl (C=O) groups is 1. The Hall–Kier alpha value is -0.770. The van der Waals surface area contributed by atoms with Crippen molar-refractivity contribution in [2.75, 3.05) is 19.8 Å². The normalized spacial score (nSPS) is 37.1. The summed E-state index contributed by atoms with van der Waals surface area (Å²) in [7, 11) is 0. The average molecular weight is 267 g/mol. The Kier molecular flexibility index (Phi) is 5.78. The number of aliphatic hydroxyl groups is 4. The quantitative estimate of drug-likeness (QED) is 0.304. The van der Waals surface area contributed by atoms with Gasteiger partial charge in [-0.05, 0) is 0 Å². The Morgan fingerprint density at radius 1 is 1.22 bits per heavy atom. The van der Waals surface area contributed by atoms with Gasteiger partial charge in [-0.1, -0.05) is 0 Å². The van der Waals surface area contributed by atoms with E-state index in [1.807, 2.05) is 0 Å². The molecule has 18 heavy (non-hydrogen) atoms. The highest BCUT2D eigenvalue weighted by Crippen LogP contribution is 2.21. The molecule has 1 saturated heterocycles. The first kappa shape index (κ1) is 13.7. The average Bonchev–Trinajstić information content (AvgIpc) is 2.37. The van der Waals surface area contributed by atoms with Gasteiger partial charge < -0.3 is 34.6 Å². The topological polar surface area (TPSA) is 126 Å². The van der Waals surface area contributed by atoms with Gasteiger partial charge in [-0.15, -0.1) is 0 Å². The fraction of sp³-hybridized carbons (Fsp3) is 0.900. The predicted molar refractivity (Wildman–Crippen MR) is 56.4 cm³/mol. The molecule has 1 aliphatic heterocycles. The van der Waals surface area contributed by atoms with Crippen molar-refractivity contribution in [2.24, 2.45) is 0 Å². The molecule has 1 rings (SSSR count). The molecule has 0 aliphatic carbocycles. The van der Waals surface area contributed by atoms with E-state index in [-0.39, 0.29) is 19.6 Å². The lowest BCUT2D eigenvalue weighted by molar-refractivity contribution is -0.301. The monoisotopic (exact) mass is 267 g/mol. The summed E-state index contributed by atoms with van der Waals surface area (Å²) in [5, 5.41) is 37.5. The summed E-state index contributed by atoms with van der Waals surface area (Å²) in [5.41, 5.74) is 0. The van der Waals surface area contributed by atoms with Crippen molar-refractivity contribution in [1.29, 1.82) is 0 Å². The molecule has 0 spiro atoms. The SMILES string of the molecule is [2H]C(=O)OCCCO[C@@H]1O[C@H](CO)[C@@H](O)[C@H](O)[C@H]1O. The van der Waals surface area contributed by atoms with Gasteiger partial charge in [0.05, 0.1) is 19.8 Å². The Labute approximate surface area is 105 Å². The van der Waals surface area contributed by atoms with Gasteiger partial charge in [0.1, 0.15) is 24.4 Å². The maximum absolute atomic E-state index is 10.2. The van der Waals surface area contributed by atoms with Crippen LogP contribution in [0.1, 0.15) is 7.79 Å². The Morgan fingerprint density at radius 3 is 2.56 bits per heavy atom. The first-order valence-electron chi connectivity index (χ1n) is 6.03. The maximum Gasteiger partial charge on any atom is 0.293 e. The van der Waals surface area contributed by atoms with Crippen LogP contribution >= 0.6 is 0 Å². The molecule has 8 nitrogen and oxygen atoms in total. The fourth-order valence-electron chi connectivity index (χ4n) is 1.58. The van der Waals surface area contributed by atoms with E-state index < -0.39 is 43.8 Å². The summed E-state index contributed by atoms with van der Waals surface area (Å²) in [6.07, 6.45) is -7.44. The van der Waals surface area contributed by atoms with Gasteiger partial charge in [-0.25, -0.2) is 0 Å². The van der Waals surface area contributed by atoms with Crippen molar-refractivity contribution in [2.45, 2.75) is 37.1 Å². The van der Waals surface area contributed by atoms with Gasteiger partial charge in [0, 0.05) is 6.42 Å². The highest BCUT2D eigenvalue weighted by molar-refractivity contribution is 5.36. The molecule has 106 valence electrons. The smallest absolute Gasteiger partial charge is 0.293 e. The van der Waals surface area contributed by atoms with E-state index in [2.05, 4.69) is 4.74 Å². The summed E-state index contributed by atoms with van der Waals surface area (Å²) in [6, 6.07) is 0. The van der Waals surface area contributed by atoms with Crippen LogP contribution in [-0.4, -0.2) is 77.4 Å². The number of ether oxygens (including phenoxy) is 3. The zero-order valence-corrected chi connectivity index (χ0v) is 9.64. The largest absolute Gasteiger partial charge is 0.468 e. The molecule has 0 aromatic rings. The molecule has 0 aromatic heterocycles. The first-order valence-corrected chi connectivity index (χ1v) is 5.53. The molecule has 1 fully saturated rings. The standard InChI is InChI=1S/C10H18O8/c11-4-6-7(13)8(14)9(15)10(18-6)17-3-1-2-16-5-12/h5-11,13-15H,1-4H2/t6-,7-,8+,9-,10-/m1/s1/i5D. The number of carbonyl (C=O) groups excluding carboxylic acids is 1. The summed E-state index contributed by atoms with van der Waals surface area (Å²) in [5.74, 6) is 0. The van der Waals surface area contributed by atoms with Crippen molar-refractivity contribution < 1.29 is 40.8 Å². The molecule has 0 saturated carbocycles. The number of rotatable bonds is 6. The number of hydrogen-bond acceptors (Lipinski definition) is 8. The minimum atomic E-state index is -1.48. The van der Waals surface area contributed by atoms with E-state index in [0.29, 0.717) is 0 Å². The van der Waals surface area contributed by atoms with Crippen molar-refractivity contribution in [1.82, 2.24) is 0 Å². The lowest BCUT2D eigenvalue weighted by Crippen LogP contribution is -2.59. The highest BCUT2D eigenvalue weighted by Gasteiger charge is 2.43. The van der Waals surface area contributed by atoms with Crippen LogP contribution in [0, 0.1) is 0 Å². The van der Waals surface area contributed by atoms with Gasteiger partial charge in [0.2, 0.25) is 0 Å². The minimum Gasteiger partial charge on any atom is -0.468 e. The van der Waals surface area contributed by atoms with Crippen LogP contribution in [0.4, 0.5) is 0 Å². The first-order chi connectivity index (χ1) is 8.97. The molecule has 0 radical (unpaired) electrons. The zero-order valence-electron chi connectivity index (χ0n) is 10.6. The van der Waals surface area contributed by atoms with E-state index in [4.69, 9.17) is 16.0 Å². The van der Waals surface area contributed by atoms with E-state index in [1.54, 1.807) is 0 Å². The second kappa shape index (κ2) is 7.62. The Balaban J connectivity index is 2.33. The second-order valence-electron chi connectivity index (χ2n) is 3.85. The van der Waals surface area contributed by atoms with Crippen LogP contribution in [0.3, 0.4) is 0 Å². The third kappa shape index (κ3) is 3.87. The number of hydrogen-bond donors (Lipinski definition) is 4. The molecule has 1 aliphatic rings. The third-order valence-corrected chi connectivity index (χ3v) is 2.58. The van der Waals surface area contributed by atoms with Gasteiger partial charge in [-0.3, -0.25) is 4.79 Å². The van der Waals surface area contributed by atoms with E-state index in [0.717, 1.165) is 0 Å². The van der Waals surface area contributed by atoms with E-state index in [1.165, 1.54) is 0 Å². The van der Waals surface area contributed by atoms with Crippen molar-refractivity contribution >= 4 is 6.45 Å². The molecule has 1 heterocycles. The fourth-order valence-corrected chi connectivity index (χ4v) is 1.58. The van der Waals surface area contributed by atoms with Crippen LogP contribution in [0.2, 0.25) is 0 Å². The van der Waals surface area contributed by atoms with Crippen LogP contribution in [0.15, 0.2) is 0 Å². The predicted octanol–water partition coefficient (Wildman–Crippen LogP) is -2.63. The van der Waals surface area contributed by atoms with Crippen molar-refractivity contribution in [3.8, 4) is 0 Å². The van der Waals surface area contributed by atoms with Crippen LogP contribution in [-0.2, 0) is 19.0 Å². The third-order valence-electron chi connectivity index (χ3n) is 2.58. The van der Waals surface area contributed by atoms with Crippen LogP contribution in [0.5, 0.6) is 0 Å². The summed E-state index contributed by atoms with van der Waals surface area (Å²) in [6.45, 7) is -0.489. The number of aliphatic hydroxyl groups excluding tert-OH is 4. The summed E-state index contributed by atoms with van der Waals surface area (Å²) in [4.78, 5) is 10.2. The van der Waals surface area contributed by atoms with Gasteiger partial charge in [0.15, 0.2) is 7.66 Å². The van der Waals surface area contributed by atoms with Crippen molar-refractivity contribution in [3.05, 3.63) is 0 Å². The van der Waals surface area contributed by atoms with Crippen molar-refractivity contribution in [3.63, 3.8) is 0 Å². The lowest BCUT2D eigenvalue weighted by Gasteiger charge is -2.39. The van der Waals surface area contributed by atoms with Gasteiger partial charge in [-0.2, -0.15) is 0 Å². The molecule has 0 amide bonds. The van der Waals surface area contributed by atoms with Crippen LogP contribution in [0.25, 0.3) is 0 Å². The lowest BCUT2D eigenvalue weighted by atomic mass is 9.99. The summed E-state index contributed by atoms with van der Waals surface area (Å²) >= 11 is 0. The highest BCUT2D eigenvalue weighted by atomic mass is 16.7. The molecule has 0 unspecified atom stereocenters. The van der Waals surface area contributed by atoms with Crippen LogP contribution < -0.4 is 0 Å². The minimum absolute atomic E-state index is 0.0141. The van der Waals surface area contributed by atoms with E-state index >= 15 is 0 Å². The molecule has 0 bridgehead atoms. The molecular formula is C10H18O8. The second-order valence-corrected chi connectivity index (χ2v) is 3.85. The van der Waals surface area contributed by atoms with E-state index in [9.17, 15) is 20.1 Å². The van der Waals surface area contributed by atoms with Gasteiger partial charge >= 0.3 is 0 Å². The molecule has 4 N–H and O–H groups in total. The zero-order chi connectivity index (χ0) is 14.4. The Morgan fingerprint density at radius 2 is 1.94 bits per heavy atom. The maximum atomic E-state index is 10.2. The molecule has 0 aromatic carbocycles. The summed E-state index contributed by atoms with van der Waals surface area (Å²) < 4.78 is 21.0. The molecule has 8 heteroatoms. The molecular weight excluding hydrogens is 248 g/mol. The Bertz CT molecular complexity index is 287. The molecule has 5 atom stereocenters.